The summed E-state index contributed by atoms with van der Waals surface area (Å²) in [4.78, 5) is 38.2. The van der Waals surface area contributed by atoms with E-state index in [-0.39, 0.29) is 23.6 Å². The molecule has 2 heterocycles. The van der Waals surface area contributed by atoms with Crippen molar-refractivity contribution in [1.29, 1.82) is 0 Å². The molecule has 0 spiro atoms. The molecule has 39 heavy (non-hydrogen) atoms. The number of rotatable bonds is 8. The smallest absolute Gasteiger partial charge is 0.296 e. The molecule has 0 radical (unpaired) electrons. The maximum Gasteiger partial charge on any atom is 0.296 e. The fourth-order valence-electron chi connectivity index (χ4n) is 4.57. The van der Waals surface area contributed by atoms with Crippen molar-refractivity contribution in [2.24, 2.45) is 0 Å². The first kappa shape index (κ1) is 25.5. The molecule has 5 rings (SSSR count). The minimum Gasteiger partial charge on any atom is -0.507 e. The number of aliphatic hydroxyl groups excluding tert-OH is 1. The van der Waals surface area contributed by atoms with Crippen molar-refractivity contribution in [2.45, 2.75) is 26.1 Å². The minimum atomic E-state index is -0.979. The standard InChI is InChI=1S/C30H24N2O7/c1-19-4-2-5-20(16-19)18-39-24-13-9-22(10-14-24)28(33)26-27(21-7-11-23(12-8-21)32(36)37)31(30(35)29(26)34)17-25-6-3-15-38-25/h2-16,27,33H,17-18H2,1H3/b28-26-. The van der Waals surface area contributed by atoms with Crippen molar-refractivity contribution in [3.05, 3.63) is 135 Å². The maximum atomic E-state index is 13.2. The van der Waals surface area contributed by atoms with Crippen molar-refractivity contribution in [3.63, 3.8) is 0 Å². The van der Waals surface area contributed by atoms with Crippen LogP contribution in [0.15, 0.2) is 101 Å². The molecule has 1 unspecified atom stereocenters. The van der Waals surface area contributed by atoms with Gasteiger partial charge in [0.25, 0.3) is 17.4 Å². The van der Waals surface area contributed by atoms with E-state index < -0.39 is 22.7 Å². The quantitative estimate of drug-likeness (QED) is 0.103. The zero-order chi connectivity index (χ0) is 27.5. The molecule has 9 heteroatoms. The van der Waals surface area contributed by atoms with Crippen LogP contribution in [0.2, 0.25) is 0 Å². The second-order valence-corrected chi connectivity index (χ2v) is 9.16. The molecular weight excluding hydrogens is 500 g/mol. The number of ketones is 1. The number of nitrogens with zero attached hydrogens (tertiary/aromatic N) is 2. The van der Waals surface area contributed by atoms with Gasteiger partial charge in [-0.05, 0) is 66.6 Å². The highest BCUT2D eigenvalue weighted by Gasteiger charge is 2.46. The van der Waals surface area contributed by atoms with Crippen LogP contribution in [0.3, 0.4) is 0 Å². The minimum absolute atomic E-state index is 0.0260. The Morgan fingerprint density at radius 2 is 1.77 bits per heavy atom. The molecule has 0 aliphatic carbocycles. The number of likely N-dealkylation sites (tertiary alicyclic amines) is 1. The van der Waals surface area contributed by atoms with Crippen molar-refractivity contribution in [1.82, 2.24) is 4.90 Å². The lowest BCUT2D eigenvalue weighted by Crippen LogP contribution is -2.29. The fourth-order valence-corrected chi connectivity index (χ4v) is 4.57. The average Bonchev–Trinajstić information content (AvgIpc) is 3.54. The van der Waals surface area contributed by atoms with E-state index in [0.29, 0.717) is 29.2 Å². The number of non-ortho nitro benzene ring substituents is 1. The van der Waals surface area contributed by atoms with Gasteiger partial charge in [0, 0.05) is 17.7 Å². The third-order valence-corrected chi connectivity index (χ3v) is 6.48. The van der Waals surface area contributed by atoms with Crippen LogP contribution < -0.4 is 4.74 Å². The summed E-state index contributed by atoms with van der Waals surface area (Å²) in [5, 5.41) is 22.4. The lowest BCUT2D eigenvalue weighted by Gasteiger charge is -2.24. The number of aryl methyl sites for hydroxylation is 1. The van der Waals surface area contributed by atoms with Crippen molar-refractivity contribution in [3.8, 4) is 5.75 Å². The normalized spacial score (nSPS) is 16.4. The molecule has 9 nitrogen and oxygen atoms in total. The zero-order valence-corrected chi connectivity index (χ0v) is 20.9. The first-order valence-electron chi connectivity index (χ1n) is 12.2. The Morgan fingerprint density at radius 3 is 2.41 bits per heavy atom. The van der Waals surface area contributed by atoms with Gasteiger partial charge in [0.05, 0.1) is 29.3 Å². The van der Waals surface area contributed by atoms with E-state index in [0.717, 1.165) is 11.1 Å². The largest absolute Gasteiger partial charge is 0.507 e. The molecule has 1 aromatic heterocycles. The molecule has 1 N–H and O–H groups in total. The summed E-state index contributed by atoms with van der Waals surface area (Å²) in [7, 11) is 0. The summed E-state index contributed by atoms with van der Waals surface area (Å²) in [6, 6.07) is 22.4. The summed E-state index contributed by atoms with van der Waals surface area (Å²) in [5.74, 6) is -1.02. The van der Waals surface area contributed by atoms with Gasteiger partial charge in [-0.25, -0.2) is 0 Å². The second-order valence-electron chi connectivity index (χ2n) is 9.16. The molecule has 1 atom stereocenters. The number of furan rings is 1. The summed E-state index contributed by atoms with van der Waals surface area (Å²) >= 11 is 0. The number of carbonyl (C=O) groups is 2. The first-order chi connectivity index (χ1) is 18.8. The monoisotopic (exact) mass is 524 g/mol. The zero-order valence-electron chi connectivity index (χ0n) is 20.9. The Bertz CT molecular complexity index is 1560. The molecule has 1 amide bonds. The first-order valence-corrected chi connectivity index (χ1v) is 12.2. The number of nitro benzene ring substituents is 1. The van der Waals surface area contributed by atoms with Gasteiger partial charge < -0.3 is 19.2 Å². The molecule has 1 aliphatic heterocycles. The van der Waals surface area contributed by atoms with Crippen LogP contribution in [0.1, 0.15) is 34.1 Å². The van der Waals surface area contributed by atoms with Crippen LogP contribution in [-0.2, 0) is 22.7 Å². The molecule has 1 fully saturated rings. The van der Waals surface area contributed by atoms with Crippen LogP contribution in [0.25, 0.3) is 5.76 Å². The Labute approximate surface area is 223 Å². The number of hydrogen-bond acceptors (Lipinski definition) is 7. The van der Waals surface area contributed by atoms with Gasteiger partial charge in [-0.3, -0.25) is 19.7 Å². The van der Waals surface area contributed by atoms with E-state index in [9.17, 15) is 24.8 Å². The maximum absolute atomic E-state index is 13.2. The number of benzene rings is 3. The van der Waals surface area contributed by atoms with Crippen LogP contribution >= 0.6 is 0 Å². The average molecular weight is 525 g/mol. The molecule has 4 aromatic rings. The van der Waals surface area contributed by atoms with E-state index in [1.165, 1.54) is 35.4 Å². The Balaban J connectivity index is 1.47. The molecule has 0 saturated carbocycles. The highest BCUT2D eigenvalue weighted by Crippen LogP contribution is 2.41. The number of Topliss-reactive ketones (excluding diaryl/α,β-unsaturated/α-hetero) is 1. The SMILES string of the molecule is Cc1cccc(COc2ccc(/C(O)=C3/C(=O)C(=O)N(Cc4ccco4)C3c3ccc([N+](=O)[O-])cc3)cc2)c1. The topological polar surface area (TPSA) is 123 Å². The number of ether oxygens (including phenoxy) is 1. The van der Waals surface area contributed by atoms with E-state index in [1.54, 1.807) is 36.4 Å². The third-order valence-electron chi connectivity index (χ3n) is 6.48. The van der Waals surface area contributed by atoms with Crippen molar-refractivity contribution in [2.75, 3.05) is 0 Å². The van der Waals surface area contributed by atoms with Gasteiger partial charge in [0.1, 0.15) is 23.9 Å². The van der Waals surface area contributed by atoms with E-state index in [1.807, 2.05) is 31.2 Å². The van der Waals surface area contributed by atoms with E-state index in [4.69, 9.17) is 9.15 Å². The number of nitro groups is 1. The lowest BCUT2D eigenvalue weighted by molar-refractivity contribution is -0.384. The summed E-state index contributed by atoms with van der Waals surface area (Å²) < 4.78 is 11.2. The van der Waals surface area contributed by atoms with Gasteiger partial charge in [0.2, 0.25) is 0 Å². The summed E-state index contributed by atoms with van der Waals surface area (Å²) in [6.07, 6.45) is 1.45. The number of carbonyl (C=O) groups excluding carboxylic acids is 2. The van der Waals surface area contributed by atoms with Crippen molar-refractivity contribution < 1.29 is 28.8 Å². The van der Waals surface area contributed by atoms with Crippen LogP contribution in [-0.4, -0.2) is 26.6 Å². The molecule has 196 valence electrons. The van der Waals surface area contributed by atoms with Crippen LogP contribution in [0.4, 0.5) is 5.69 Å². The van der Waals surface area contributed by atoms with Gasteiger partial charge >= 0.3 is 0 Å². The Morgan fingerprint density at radius 1 is 1.03 bits per heavy atom. The molecule has 0 bridgehead atoms. The Hall–Kier alpha value is -5.18. The second kappa shape index (κ2) is 10.7. The summed E-state index contributed by atoms with van der Waals surface area (Å²) in [5.41, 5.74) is 2.65. The molecule has 1 aliphatic rings. The number of hydrogen-bond donors (Lipinski definition) is 1. The Kier molecular flexibility index (Phi) is 6.96. The third kappa shape index (κ3) is 5.28. The van der Waals surface area contributed by atoms with Crippen molar-refractivity contribution >= 4 is 23.1 Å². The van der Waals surface area contributed by atoms with Gasteiger partial charge in [-0.1, -0.05) is 29.8 Å². The summed E-state index contributed by atoms with van der Waals surface area (Å²) in [6.45, 7) is 2.34. The highest BCUT2D eigenvalue weighted by molar-refractivity contribution is 6.46. The predicted octanol–water partition coefficient (Wildman–Crippen LogP) is 5.70. The van der Waals surface area contributed by atoms with E-state index in [2.05, 4.69) is 0 Å². The van der Waals surface area contributed by atoms with Gasteiger partial charge in [-0.15, -0.1) is 0 Å². The van der Waals surface area contributed by atoms with Gasteiger partial charge in [-0.2, -0.15) is 0 Å². The molecular formula is C30H24N2O7. The number of amides is 1. The van der Waals surface area contributed by atoms with Crippen LogP contribution in [0.5, 0.6) is 5.75 Å². The van der Waals surface area contributed by atoms with Gasteiger partial charge in [0.15, 0.2) is 0 Å². The highest BCUT2D eigenvalue weighted by atomic mass is 16.6. The molecule has 3 aromatic carbocycles. The van der Waals surface area contributed by atoms with Crippen LogP contribution in [0, 0.1) is 17.0 Å². The molecule has 1 saturated heterocycles. The van der Waals surface area contributed by atoms with E-state index >= 15 is 0 Å². The number of aliphatic hydroxyl groups is 1. The predicted molar refractivity (Wildman–Crippen MR) is 142 cm³/mol. The fraction of sp³-hybridized carbons (Fsp3) is 0.133. The lowest BCUT2D eigenvalue weighted by atomic mass is 9.95.